The Morgan fingerprint density at radius 3 is 3.06 bits per heavy atom. The molecule has 18 heavy (non-hydrogen) atoms. The first-order valence-corrected chi connectivity index (χ1v) is 6.35. The summed E-state index contributed by atoms with van der Waals surface area (Å²) in [5.74, 6) is 1.03. The number of hydrogen-bond acceptors (Lipinski definition) is 4. The molecular weight excluding hydrogens is 230 g/mol. The van der Waals surface area contributed by atoms with E-state index in [9.17, 15) is 0 Å². The van der Waals surface area contributed by atoms with Crippen LogP contribution >= 0.6 is 0 Å². The first kappa shape index (κ1) is 13.3. The van der Waals surface area contributed by atoms with E-state index in [-0.39, 0.29) is 6.04 Å². The van der Waals surface area contributed by atoms with Crippen LogP contribution in [0, 0.1) is 0 Å². The summed E-state index contributed by atoms with van der Waals surface area (Å²) in [6, 6.07) is 6.48. The van der Waals surface area contributed by atoms with Gasteiger partial charge in [0.15, 0.2) is 0 Å². The maximum Gasteiger partial charge on any atom is 0.127 e. The monoisotopic (exact) mass is 251 g/mol. The number of nitrogens with one attached hydrogen (secondary N) is 1. The average molecular weight is 251 g/mol. The van der Waals surface area contributed by atoms with Crippen molar-refractivity contribution in [2.45, 2.75) is 12.5 Å². The highest BCUT2D eigenvalue weighted by Crippen LogP contribution is 2.33. The van der Waals surface area contributed by atoms with Gasteiger partial charge >= 0.3 is 0 Å². The van der Waals surface area contributed by atoms with Crippen LogP contribution in [0.5, 0.6) is 5.75 Å². The van der Waals surface area contributed by atoms with E-state index in [0.717, 1.165) is 18.8 Å². The van der Waals surface area contributed by atoms with E-state index in [4.69, 9.17) is 14.2 Å². The summed E-state index contributed by atoms with van der Waals surface area (Å²) in [7, 11) is 3.62. The van der Waals surface area contributed by atoms with Crippen LogP contribution in [0.4, 0.5) is 0 Å². The number of benzene rings is 1. The van der Waals surface area contributed by atoms with Gasteiger partial charge in [-0.15, -0.1) is 0 Å². The first-order chi connectivity index (χ1) is 8.86. The van der Waals surface area contributed by atoms with E-state index >= 15 is 0 Å². The van der Waals surface area contributed by atoms with E-state index in [1.807, 2.05) is 7.05 Å². The normalized spacial score (nSPS) is 15.2. The van der Waals surface area contributed by atoms with Crippen molar-refractivity contribution in [1.82, 2.24) is 5.32 Å². The number of likely N-dealkylation sites (N-methyl/N-ethyl adjacent to an activating group) is 1. The highest BCUT2D eigenvalue weighted by atomic mass is 16.5. The number of fused-ring (bicyclic) bond motifs is 1. The summed E-state index contributed by atoms with van der Waals surface area (Å²) in [6.45, 7) is 2.65. The largest absolute Gasteiger partial charge is 0.493 e. The summed E-state index contributed by atoms with van der Waals surface area (Å²) < 4.78 is 16.3. The zero-order valence-electron chi connectivity index (χ0n) is 11.1. The molecule has 1 unspecified atom stereocenters. The molecular formula is C14H21NO3. The molecule has 0 aromatic heterocycles. The summed E-state index contributed by atoms with van der Waals surface area (Å²) in [6.07, 6.45) is 1.00. The Hall–Kier alpha value is -1.10. The van der Waals surface area contributed by atoms with Crippen LogP contribution in [0.25, 0.3) is 0 Å². The smallest absolute Gasteiger partial charge is 0.127 e. The molecule has 0 saturated heterocycles. The summed E-state index contributed by atoms with van der Waals surface area (Å²) in [5, 5.41) is 3.28. The molecule has 0 radical (unpaired) electrons. The highest BCUT2D eigenvalue weighted by Gasteiger charge is 2.21. The third kappa shape index (κ3) is 3.02. The van der Waals surface area contributed by atoms with Crippen molar-refractivity contribution >= 4 is 0 Å². The Morgan fingerprint density at radius 2 is 2.28 bits per heavy atom. The molecule has 4 nitrogen and oxygen atoms in total. The fraction of sp³-hybridized carbons (Fsp3) is 0.571. The molecule has 0 bridgehead atoms. The molecule has 1 aromatic carbocycles. The lowest BCUT2D eigenvalue weighted by molar-refractivity contribution is 0.0593. The van der Waals surface area contributed by atoms with E-state index in [2.05, 4.69) is 23.5 Å². The Kier molecular flexibility index (Phi) is 4.99. The van der Waals surface area contributed by atoms with Crippen molar-refractivity contribution in [3.63, 3.8) is 0 Å². The third-order valence-corrected chi connectivity index (χ3v) is 3.19. The predicted octanol–water partition coefficient (Wildman–Crippen LogP) is 1.54. The molecule has 0 fully saturated rings. The second-order valence-electron chi connectivity index (χ2n) is 4.34. The summed E-state index contributed by atoms with van der Waals surface area (Å²) >= 11 is 0. The van der Waals surface area contributed by atoms with Gasteiger partial charge in [0.25, 0.3) is 0 Å². The van der Waals surface area contributed by atoms with Gasteiger partial charge in [-0.1, -0.05) is 18.2 Å². The Bertz CT molecular complexity index is 381. The maximum absolute atomic E-state index is 5.72. The lowest BCUT2D eigenvalue weighted by Crippen LogP contribution is -2.23. The molecule has 1 heterocycles. The third-order valence-electron chi connectivity index (χ3n) is 3.19. The quantitative estimate of drug-likeness (QED) is 0.746. The van der Waals surface area contributed by atoms with Crippen molar-refractivity contribution in [1.29, 1.82) is 0 Å². The standard InChI is InChI=1S/C14H21NO3/c1-15-13(10-17-9-8-16-2)12-5-3-4-11-6-7-18-14(11)12/h3-5,13,15H,6-10H2,1-2H3. The Labute approximate surface area is 108 Å². The van der Waals surface area contributed by atoms with Gasteiger partial charge in [0.1, 0.15) is 5.75 Å². The fourth-order valence-corrected chi connectivity index (χ4v) is 2.19. The molecule has 100 valence electrons. The molecule has 0 spiro atoms. The maximum atomic E-state index is 5.72. The van der Waals surface area contributed by atoms with E-state index in [1.165, 1.54) is 11.1 Å². The van der Waals surface area contributed by atoms with Crippen molar-refractivity contribution in [3.05, 3.63) is 29.3 Å². The van der Waals surface area contributed by atoms with Crippen molar-refractivity contribution in [3.8, 4) is 5.75 Å². The van der Waals surface area contributed by atoms with Crippen LogP contribution in [0.3, 0.4) is 0 Å². The molecule has 1 atom stereocenters. The van der Waals surface area contributed by atoms with Gasteiger partial charge in [-0.05, 0) is 12.6 Å². The van der Waals surface area contributed by atoms with Gasteiger partial charge in [0.05, 0.1) is 32.5 Å². The molecule has 1 aliphatic heterocycles. The molecule has 1 aromatic rings. The van der Waals surface area contributed by atoms with E-state index in [0.29, 0.717) is 19.8 Å². The molecule has 0 saturated carbocycles. The highest BCUT2D eigenvalue weighted by molar-refractivity contribution is 5.45. The molecule has 0 aliphatic carbocycles. The molecule has 0 amide bonds. The SMILES string of the molecule is CNC(COCCOC)c1cccc2c1OCC2. The second kappa shape index (κ2) is 6.73. The van der Waals surface area contributed by atoms with Crippen LogP contribution in [0.2, 0.25) is 0 Å². The summed E-state index contributed by atoms with van der Waals surface area (Å²) in [4.78, 5) is 0. The first-order valence-electron chi connectivity index (χ1n) is 6.35. The lowest BCUT2D eigenvalue weighted by Gasteiger charge is -2.19. The molecule has 4 heteroatoms. The predicted molar refractivity (Wildman–Crippen MR) is 70.1 cm³/mol. The number of methoxy groups -OCH3 is 1. The van der Waals surface area contributed by atoms with Crippen molar-refractivity contribution < 1.29 is 14.2 Å². The number of hydrogen-bond donors (Lipinski definition) is 1. The second-order valence-corrected chi connectivity index (χ2v) is 4.34. The van der Waals surface area contributed by atoms with E-state index in [1.54, 1.807) is 7.11 Å². The summed E-state index contributed by atoms with van der Waals surface area (Å²) in [5.41, 5.74) is 2.48. The molecule has 2 rings (SSSR count). The van der Waals surface area contributed by atoms with Gasteiger partial charge in [0.2, 0.25) is 0 Å². The van der Waals surface area contributed by atoms with Crippen molar-refractivity contribution in [2.24, 2.45) is 0 Å². The van der Waals surface area contributed by atoms with Crippen molar-refractivity contribution in [2.75, 3.05) is 40.6 Å². The van der Waals surface area contributed by atoms with Crippen LogP contribution in [0.15, 0.2) is 18.2 Å². The van der Waals surface area contributed by atoms with Crippen LogP contribution in [-0.4, -0.2) is 40.6 Å². The van der Waals surface area contributed by atoms with Gasteiger partial charge in [-0.2, -0.15) is 0 Å². The van der Waals surface area contributed by atoms with Crippen LogP contribution < -0.4 is 10.1 Å². The van der Waals surface area contributed by atoms with Gasteiger partial charge in [-0.3, -0.25) is 0 Å². The van der Waals surface area contributed by atoms with Crippen LogP contribution in [-0.2, 0) is 15.9 Å². The zero-order chi connectivity index (χ0) is 12.8. The topological polar surface area (TPSA) is 39.7 Å². The Morgan fingerprint density at radius 1 is 1.39 bits per heavy atom. The molecule has 1 aliphatic rings. The van der Waals surface area contributed by atoms with Crippen LogP contribution in [0.1, 0.15) is 17.2 Å². The molecule has 1 N–H and O–H groups in total. The average Bonchev–Trinajstić information content (AvgIpc) is 2.87. The number of para-hydroxylation sites is 1. The van der Waals surface area contributed by atoms with Gasteiger partial charge in [-0.25, -0.2) is 0 Å². The number of ether oxygens (including phenoxy) is 3. The fourth-order valence-electron chi connectivity index (χ4n) is 2.19. The number of rotatable bonds is 7. The zero-order valence-corrected chi connectivity index (χ0v) is 11.1. The minimum atomic E-state index is 0.162. The minimum Gasteiger partial charge on any atom is -0.493 e. The van der Waals surface area contributed by atoms with Gasteiger partial charge in [0, 0.05) is 19.1 Å². The van der Waals surface area contributed by atoms with Gasteiger partial charge < -0.3 is 19.5 Å². The lowest BCUT2D eigenvalue weighted by atomic mass is 10.0. The Balaban J connectivity index is 2.01. The van der Waals surface area contributed by atoms with E-state index < -0.39 is 0 Å². The minimum absolute atomic E-state index is 0.162.